The van der Waals surface area contributed by atoms with Gasteiger partial charge in [0.25, 0.3) is 0 Å². The molecule has 0 aromatic heterocycles. The van der Waals surface area contributed by atoms with Crippen LogP contribution < -0.4 is 0 Å². The summed E-state index contributed by atoms with van der Waals surface area (Å²) >= 11 is 5.77. The van der Waals surface area contributed by atoms with Gasteiger partial charge >= 0.3 is 5.97 Å². The van der Waals surface area contributed by atoms with E-state index < -0.39 is 17.2 Å². The van der Waals surface area contributed by atoms with E-state index in [-0.39, 0.29) is 5.02 Å². The summed E-state index contributed by atoms with van der Waals surface area (Å²) in [6.07, 6.45) is 1.37. The molecular weight excluding hydrogens is 279 g/mol. The molecule has 102 valence electrons. The van der Waals surface area contributed by atoms with Crippen LogP contribution in [0.15, 0.2) is 42.5 Å². The highest BCUT2D eigenvalue weighted by Gasteiger charge is 2.51. The Labute approximate surface area is 120 Å². The molecule has 0 atom stereocenters. The molecule has 1 N–H and O–H groups in total. The molecule has 2 aromatic carbocycles. The number of hydrogen-bond donors (Lipinski definition) is 1. The summed E-state index contributed by atoms with van der Waals surface area (Å²) in [5, 5.41) is 9.33. The summed E-state index contributed by atoms with van der Waals surface area (Å²) in [4.78, 5) is 11.3. The lowest BCUT2D eigenvalue weighted by Crippen LogP contribution is -2.19. The average Bonchev–Trinajstić information content (AvgIpc) is 3.24. The number of aliphatic carboxylic acids is 1. The molecule has 0 bridgehead atoms. The van der Waals surface area contributed by atoms with Gasteiger partial charge in [0.15, 0.2) is 0 Å². The van der Waals surface area contributed by atoms with Crippen LogP contribution in [0.5, 0.6) is 0 Å². The van der Waals surface area contributed by atoms with Crippen molar-refractivity contribution in [1.82, 2.24) is 0 Å². The number of carbonyl (C=O) groups is 1. The van der Waals surface area contributed by atoms with E-state index >= 15 is 0 Å². The van der Waals surface area contributed by atoms with Crippen molar-refractivity contribution >= 4 is 17.6 Å². The summed E-state index contributed by atoms with van der Waals surface area (Å²) < 4.78 is 13.1. The van der Waals surface area contributed by atoms with Gasteiger partial charge < -0.3 is 5.11 Å². The van der Waals surface area contributed by atoms with Crippen molar-refractivity contribution < 1.29 is 14.3 Å². The van der Waals surface area contributed by atoms with Gasteiger partial charge in [-0.25, -0.2) is 4.39 Å². The van der Waals surface area contributed by atoms with Gasteiger partial charge in [0.05, 0.1) is 10.4 Å². The van der Waals surface area contributed by atoms with E-state index in [0.29, 0.717) is 12.8 Å². The molecule has 0 radical (unpaired) electrons. The predicted molar refractivity (Wildman–Crippen MR) is 75.4 cm³/mol. The minimum atomic E-state index is -0.768. The summed E-state index contributed by atoms with van der Waals surface area (Å²) in [6.45, 7) is 0. The van der Waals surface area contributed by atoms with Gasteiger partial charge in [0.1, 0.15) is 5.82 Å². The normalized spacial score (nSPS) is 15.9. The van der Waals surface area contributed by atoms with E-state index in [4.69, 9.17) is 11.6 Å². The molecule has 0 amide bonds. The second kappa shape index (κ2) is 4.60. The van der Waals surface area contributed by atoms with Crippen molar-refractivity contribution in [3.63, 3.8) is 0 Å². The van der Waals surface area contributed by atoms with Gasteiger partial charge in [0, 0.05) is 0 Å². The molecular formula is C16H12ClFO2. The molecule has 0 spiro atoms. The quantitative estimate of drug-likeness (QED) is 0.917. The van der Waals surface area contributed by atoms with Gasteiger partial charge in [-0.1, -0.05) is 41.9 Å². The van der Waals surface area contributed by atoms with Crippen molar-refractivity contribution in [1.29, 1.82) is 0 Å². The SMILES string of the molecule is O=C(O)C1(c2ccc(-c3ccc(F)c(Cl)c3)cc2)CC1. The molecule has 2 nitrogen and oxygen atoms in total. The monoisotopic (exact) mass is 290 g/mol. The summed E-state index contributed by atoms with van der Waals surface area (Å²) in [5.41, 5.74) is 1.82. The Bertz CT molecular complexity index is 675. The summed E-state index contributed by atoms with van der Waals surface area (Å²) in [7, 11) is 0. The number of carboxylic acids is 1. The third-order valence-electron chi connectivity index (χ3n) is 3.85. The Morgan fingerprint density at radius 2 is 1.70 bits per heavy atom. The molecule has 2 aromatic rings. The highest BCUT2D eigenvalue weighted by atomic mass is 35.5. The predicted octanol–water partition coefficient (Wildman–Crippen LogP) is 4.26. The van der Waals surface area contributed by atoms with Crippen molar-refractivity contribution in [2.45, 2.75) is 18.3 Å². The fraction of sp³-hybridized carbons (Fsp3) is 0.188. The smallest absolute Gasteiger partial charge is 0.314 e. The van der Waals surface area contributed by atoms with E-state index in [9.17, 15) is 14.3 Å². The molecule has 0 saturated heterocycles. The molecule has 20 heavy (non-hydrogen) atoms. The maximum atomic E-state index is 13.1. The Balaban J connectivity index is 1.93. The molecule has 1 aliphatic carbocycles. The van der Waals surface area contributed by atoms with Crippen molar-refractivity contribution in [2.24, 2.45) is 0 Å². The van der Waals surface area contributed by atoms with Crippen LogP contribution in [-0.4, -0.2) is 11.1 Å². The van der Waals surface area contributed by atoms with Crippen LogP contribution in [-0.2, 0) is 10.2 Å². The molecule has 1 fully saturated rings. The Kier molecular flexibility index (Phi) is 3.02. The minimum absolute atomic E-state index is 0.0794. The topological polar surface area (TPSA) is 37.3 Å². The third kappa shape index (κ3) is 2.08. The molecule has 4 heteroatoms. The highest BCUT2D eigenvalue weighted by molar-refractivity contribution is 6.31. The first-order chi connectivity index (χ1) is 9.53. The number of carboxylic acid groups (broad SMARTS) is 1. The zero-order chi connectivity index (χ0) is 14.3. The number of benzene rings is 2. The minimum Gasteiger partial charge on any atom is -0.481 e. The Hall–Kier alpha value is -1.87. The highest BCUT2D eigenvalue weighted by Crippen LogP contribution is 2.48. The van der Waals surface area contributed by atoms with Crippen molar-refractivity contribution in [3.8, 4) is 11.1 Å². The largest absolute Gasteiger partial charge is 0.481 e. The second-order valence-corrected chi connectivity index (χ2v) is 5.50. The van der Waals surface area contributed by atoms with E-state index in [1.165, 1.54) is 6.07 Å². The van der Waals surface area contributed by atoms with E-state index in [1.807, 2.05) is 24.3 Å². The zero-order valence-corrected chi connectivity index (χ0v) is 11.3. The van der Waals surface area contributed by atoms with Gasteiger partial charge in [-0.05, 0) is 41.7 Å². The van der Waals surface area contributed by atoms with Crippen molar-refractivity contribution in [2.75, 3.05) is 0 Å². The lowest BCUT2D eigenvalue weighted by atomic mass is 9.94. The maximum absolute atomic E-state index is 13.1. The third-order valence-corrected chi connectivity index (χ3v) is 4.14. The van der Waals surface area contributed by atoms with Crippen LogP contribution in [0.3, 0.4) is 0 Å². The van der Waals surface area contributed by atoms with E-state index in [2.05, 4.69) is 0 Å². The first-order valence-electron chi connectivity index (χ1n) is 6.32. The molecule has 0 aliphatic heterocycles. The Morgan fingerprint density at radius 1 is 1.10 bits per heavy atom. The first kappa shape index (κ1) is 13.1. The average molecular weight is 291 g/mol. The van der Waals surface area contributed by atoms with Crippen LogP contribution in [0.4, 0.5) is 4.39 Å². The molecule has 3 rings (SSSR count). The zero-order valence-electron chi connectivity index (χ0n) is 10.6. The van der Waals surface area contributed by atoms with Crippen LogP contribution in [0.2, 0.25) is 5.02 Å². The lowest BCUT2D eigenvalue weighted by molar-refractivity contribution is -0.140. The lowest BCUT2D eigenvalue weighted by Gasteiger charge is -2.11. The molecule has 0 heterocycles. The number of rotatable bonds is 3. The van der Waals surface area contributed by atoms with Gasteiger partial charge in [-0.15, -0.1) is 0 Å². The summed E-state index contributed by atoms with van der Waals surface area (Å²) in [5.74, 6) is -1.22. The molecule has 1 aliphatic rings. The second-order valence-electron chi connectivity index (χ2n) is 5.09. The summed E-state index contributed by atoms with van der Waals surface area (Å²) in [6, 6.07) is 11.9. The van der Waals surface area contributed by atoms with Crippen LogP contribution in [0, 0.1) is 5.82 Å². The van der Waals surface area contributed by atoms with Gasteiger partial charge in [-0.2, -0.15) is 0 Å². The van der Waals surface area contributed by atoms with Gasteiger partial charge in [0.2, 0.25) is 0 Å². The standard InChI is InChI=1S/C16H12ClFO2/c17-13-9-11(3-6-14(13)18)10-1-4-12(5-2-10)16(7-8-16)15(19)20/h1-6,9H,7-8H2,(H,19,20). The van der Waals surface area contributed by atoms with E-state index in [1.54, 1.807) is 12.1 Å². The van der Waals surface area contributed by atoms with Gasteiger partial charge in [-0.3, -0.25) is 4.79 Å². The number of halogens is 2. The molecule has 1 saturated carbocycles. The fourth-order valence-corrected chi connectivity index (χ4v) is 2.59. The van der Waals surface area contributed by atoms with Crippen LogP contribution >= 0.6 is 11.6 Å². The first-order valence-corrected chi connectivity index (χ1v) is 6.70. The van der Waals surface area contributed by atoms with Crippen LogP contribution in [0.25, 0.3) is 11.1 Å². The Morgan fingerprint density at radius 3 is 2.20 bits per heavy atom. The maximum Gasteiger partial charge on any atom is 0.314 e. The number of hydrogen-bond acceptors (Lipinski definition) is 1. The van der Waals surface area contributed by atoms with Crippen LogP contribution in [0.1, 0.15) is 18.4 Å². The fourth-order valence-electron chi connectivity index (χ4n) is 2.41. The van der Waals surface area contributed by atoms with E-state index in [0.717, 1.165) is 16.7 Å². The molecule has 0 unspecified atom stereocenters. The van der Waals surface area contributed by atoms with Crippen molar-refractivity contribution in [3.05, 3.63) is 58.9 Å².